The van der Waals surface area contributed by atoms with Crippen molar-refractivity contribution in [1.29, 1.82) is 0 Å². The molecule has 0 bridgehead atoms. The maximum Gasteiger partial charge on any atom is 0.311 e. The highest BCUT2D eigenvalue weighted by molar-refractivity contribution is 7.72. The molecule has 0 aliphatic heterocycles. The van der Waals surface area contributed by atoms with Crippen molar-refractivity contribution in [2.45, 2.75) is 0 Å². The van der Waals surface area contributed by atoms with Gasteiger partial charge >= 0.3 is 5.69 Å². The lowest BCUT2D eigenvalue weighted by atomic mass is 10.2. The Kier molecular flexibility index (Phi) is 3.53. The lowest BCUT2D eigenvalue weighted by molar-refractivity contribution is -0.385. The van der Waals surface area contributed by atoms with E-state index in [1.54, 1.807) is 0 Å². The summed E-state index contributed by atoms with van der Waals surface area (Å²) in [6.07, 6.45) is 1.35. The zero-order valence-electron chi connectivity index (χ0n) is 9.23. The third kappa shape index (κ3) is 2.74. The van der Waals surface area contributed by atoms with Crippen molar-refractivity contribution in [2.24, 2.45) is 5.10 Å². The van der Waals surface area contributed by atoms with Gasteiger partial charge < -0.3 is 5.11 Å². The fraction of sp³-hybridized carbons (Fsp3) is 0. The summed E-state index contributed by atoms with van der Waals surface area (Å²) in [6.45, 7) is 0. The summed E-state index contributed by atoms with van der Waals surface area (Å²) >= 11 is 9.85. The maximum atomic E-state index is 10.7. The Labute approximate surface area is 116 Å². The van der Waals surface area contributed by atoms with Gasteiger partial charge in [-0.25, -0.2) is 0 Å². The highest BCUT2D eigenvalue weighted by Crippen LogP contribution is 2.25. The van der Waals surface area contributed by atoms with Gasteiger partial charge in [-0.3, -0.25) is 20.3 Å². The highest BCUT2D eigenvalue weighted by atomic mass is 32.1. The molecule has 98 valence electrons. The number of phenols is 1. The first-order valence-corrected chi connectivity index (χ1v) is 5.72. The topological polar surface area (TPSA) is 112 Å². The van der Waals surface area contributed by atoms with E-state index in [1.807, 2.05) is 0 Å². The fourth-order valence-electron chi connectivity index (χ4n) is 1.30. The third-order valence-electron chi connectivity index (χ3n) is 2.18. The molecule has 1 aromatic heterocycles. The second-order valence-corrected chi connectivity index (χ2v) is 4.20. The molecule has 0 radical (unpaired) electrons. The van der Waals surface area contributed by atoms with E-state index in [4.69, 9.17) is 24.4 Å². The van der Waals surface area contributed by atoms with Crippen LogP contribution in [-0.2, 0) is 0 Å². The van der Waals surface area contributed by atoms with E-state index in [0.29, 0.717) is 5.56 Å². The summed E-state index contributed by atoms with van der Waals surface area (Å²) in [6, 6.07) is 3.90. The van der Waals surface area contributed by atoms with Gasteiger partial charge in [-0.2, -0.15) is 9.78 Å². The number of rotatable bonds is 3. The maximum absolute atomic E-state index is 10.7. The van der Waals surface area contributed by atoms with Gasteiger partial charge in [0, 0.05) is 11.6 Å². The molecule has 0 atom stereocenters. The summed E-state index contributed by atoms with van der Waals surface area (Å²) in [4.78, 5) is 9.99. The van der Waals surface area contributed by atoms with Crippen molar-refractivity contribution < 1.29 is 10.0 Å². The van der Waals surface area contributed by atoms with Crippen molar-refractivity contribution in [3.8, 4) is 5.75 Å². The van der Waals surface area contributed by atoms with E-state index in [1.165, 1.54) is 29.1 Å². The molecular formula is C9H7N5O3S2. The SMILES string of the molecule is O=[N+]([O-])c1cc(/C=N\n2c(=S)[nH][nH]c2=S)ccc1O. The van der Waals surface area contributed by atoms with Crippen molar-refractivity contribution in [3.05, 3.63) is 43.4 Å². The lowest BCUT2D eigenvalue weighted by Crippen LogP contribution is -1.93. The van der Waals surface area contributed by atoms with Crippen LogP contribution in [0.5, 0.6) is 5.75 Å². The quantitative estimate of drug-likeness (QED) is 0.347. The molecule has 1 heterocycles. The van der Waals surface area contributed by atoms with Crippen LogP contribution in [0.2, 0.25) is 0 Å². The van der Waals surface area contributed by atoms with E-state index < -0.39 is 16.4 Å². The van der Waals surface area contributed by atoms with Gasteiger partial charge in [0.05, 0.1) is 11.1 Å². The minimum atomic E-state index is -0.680. The number of phenolic OH excluding ortho intramolecular Hbond substituents is 1. The van der Waals surface area contributed by atoms with Crippen molar-refractivity contribution in [3.63, 3.8) is 0 Å². The number of nitrogens with zero attached hydrogens (tertiary/aromatic N) is 3. The predicted octanol–water partition coefficient (Wildman–Crippen LogP) is 2.10. The summed E-state index contributed by atoms with van der Waals surface area (Å²) in [7, 11) is 0. The highest BCUT2D eigenvalue weighted by Gasteiger charge is 2.12. The summed E-state index contributed by atoms with van der Waals surface area (Å²) < 4.78 is 1.80. The average Bonchev–Trinajstić information content (AvgIpc) is 2.68. The van der Waals surface area contributed by atoms with E-state index in [9.17, 15) is 15.2 Å². The van der Waals surface area contributed by atoms with Crippen LogP contribution in [0.3, 0.4) is 0 Å². The molecule has 0 saturated heterocycles. The Morgan fingerprint density at radius 3 is 2.58 bits per heavy atom. The van der Waals surface area contributed by atoms with Crippen LogP contribution < -0.4 is 0 Å². The van der Waals surface area contributed by atoms with Crippen molar-refractivity contribution in [2.75, 3.05) is 0 Å². The molecule has 19 heavy (non-hydrogen) atoms. The number of hydrogen-bond acceptors (Lipinski definition) is 6. The van der Waals surface area contributed by atoms with Gasteiger partial charge in [0.15, 0.2) is 5.75 Å². The molecule has 8 nitrogen and oxygen atoms in total. The van der Waals surface area contributed by atoms with Crippen LogP contribution in [-0.4, -0.2) is 31.1 Å². The first kappa shape index (κ1) is 13.1. The molecule has 0 unspecified atom stereocenters. The molecule has 1 aromatic carbocycles. The van der Waals surface area contributed by atoms with Gasteiger partial charge in [-0.15, -0.1) is 0 Å². The molecule has 3 N–H and O–H groups in total. The summed E-state index contributed by atoms with van der Waals surface area (Å²) in [5.41, 5.74) is 0.0359. The molecule has 2 rings (SSSR count). The minimum Gasteiger partial charge on any atom is -0.502 e. The van der Waals surface area contributed by atoms with Gasteiger partial charge in [0.2, 0.25) is 9.54 Å². The van der Waals surface area contributed by atoms with Gasteiger partial charge in [0.1, 0.15) is 0 Å². The normalized spacial score (nSPS) is 10.9. The molecule has 0 fully saturated rings. The zero-order valence-corrected chi connectivity index (χ0v) is 10.9. The Morgan fingerprint density at radius 1 is 1.37 bits per heavy atom. The molecule has 10 heteroatoms. The van der Waals surface area contributed by atoms with Crippen molar-refractivity contribution in [1.82, 2.24) is 14.9 Å². The number of nitro groups is 1. The number of aromatic nitrogens is 3. The number of hydrogen-bond donors (Lipinski definition) is 3. The predicted molar refractivity (Wildman–Crippen MR) is 72.6 cm³/mol. The molecule has 0 spiro atoms. The molecule has 0 saturated carbocycles. The molecular weight excluding hydrogens is 290 g/mol. The lowest BCUT2D eigenvalue weighted by Gasteiger charge is -1.97. The monoisotopic (exact) mass is 297 g/mol. The Hall–Kier alpha value is -2.33. The Morgan fingerprint density at radius 2 is 2.00 bits per heavy atom. The van der Waals surface area contributed by atoms with Crippen LogP contribution in [0.1, 0.15) is 5.56 Å². The molecule has 2 aromatic rings. The average molecular weight is 297 g/mol. The summed E-state index contributed by atoms with van der Waals surface area (Å²) in [5.74, 6) is -0.405. The van der Waals surface area contributed by atoms with Gasteiger partial charge in [0.25, 0.3) is 0 Å². The Bertz CT molecular complexity index is 745. The van der Waals surface area contributed by atoms with Crippen LogP contribution in [0, 0.1) is 19.7 Å². The number of nitro benzene ring substituents is 1. The smallest absolute Gasteiger partial charge is 0.311 e. The van der Waals surface area contributed by atoms with E-state index in [2.05, 4.69) is 15.3 Å². The fourth-order valence-corrected chi connectivity index (χ4v) is 1.74. The molecule has 0 amide bonds. The first-order chi connectivity index (χ1) is 8.99. The number of nitrogens with one attached hydrogen (secondary N) is 2. The second kappa shape index (κ2) is 5.12. The first-order valence-electron chi connectivity index (χ1n) is 4.90. The zero-order chi connectivity index (χ0) is 14.0. The van der Waals surface area contributed by atoms with Crippen LogP contribution in [0.15, 0.2) is 23.3 Å². The third-order valence-corrected chi connectivity index (χ3v) is 2.73. The number of benzene rings is 1. The summed E-state index contributed by atoms with van der Waals surface area (Å²) in [5, 5.41) is 29.2. The van der Waals surface area contributed by atoms with Crippen LogP contribution >= 0.6 is 24.4 Å². The second-order valence-electron chi connectivity index (χ2n) is 3.42. The van der Waals surface area contributed by atoms with Gasteiger partial charge in [-0.05, 0) is 36.6 Å². The molecule has 0 aliphatic carbocycles. The minimum absolute atomic E-state index is 0.273. The van der Waals surface area contributed by atoms with Gasteiger partial charge in [-0.1, -0.05) is 0 Å². The van der Waals surface area contributed by atoms with E-state index in [0.717, 1.165) is 0 Å². The van der Waals surface area contributed by atoms with E-state index in [-0.39, 0.29) is 9.54 Å². The number of aromatic hydroxyl groups is 1. The van der Waals surface area contributed by atoms with Crippen LogP contribution in [0.25, 0.3) is 0 Å². The number of aromatic amines is 2. The molecule has 0 aliphatic rings. The Balaban J connectivity index is 2.40. The number of H-pyrrole nitrogens is 2. The standard InChI is InChI=1S/C9H7N5O3S2/c15-7-2-1-5(3-6(7)14(16)17)4-10-13-8(18)11-12-9(13)19/h1-4,15H,(H,11,18)(H,12,19)/b10-4-. The largest absolute Gasteiger partial charge is 0.502 e. The van der Waals surface area contributed by atoms with E-state index >= 15 is 0 Å². The van der Waals surface area contributed by atoms with Crippen molar-refractivity contribution >= 4 is 36.3 Å². The van der Waals surface area contributed by atoms with Crippen LogP contribution in [0.4, 0.5) is 5.69 Å².